The van der Waals surface area contributed by atoms with Crippen LogP contribution in [-0.2, 0) is 21.2 Å². The molecule has 0 aromatic carbocycles. The minimum absolute atomic E-state index is 0.00441. The van der Waals surface area contributed by atoms with Crippen LogP contribution >= 0.6 is 0 Å². The molecule has 0 unspecified atom stereocenters. The van der Waals surface area contributed by atoms with Crippen molar-refractivity contribution in [3.63, 3.8) is 0 Å². The monoisotopic (exact) mass is 314 g/mol. The maximum absolute atomic E-state index is 12.3. The molecule has 1 aliphatic rings. The molecular weight excluding hydrogens is 292 g/mol. The number of rotatable bonds is 7. The molecule has 1 fully saturated rings. The summed E-state index contributed by atoms with van der Waals surface area (Å²) in [5, 5.41) is 8.72. The third kappa shape index (κ3) is 5.03. The Bertz CT molecular complexity index is 513. The molecule has 1 N–H and O–H groups in total. The zero-order valence-corrected chi connectivity index (χ0v) is 12.8. The molecule has 2 rings (SSSR count). The van der Waals surface area contributed by atoms with Crippen LogP contribution in [0.4, 0.5) is 0 Å². The molecule has 118 valence electrons. The summed E-state index contributed by atoms with van der Waals surface area (Å²) in [7, 11) is -3.22. The molecule has 6 nitrogen and oxygen atoms in total. The number of pyridine rings is 1. The number of aromatic nitrogens is 1. The van der Waals surface area contributed by atoms with Crippen LogP contribution in [0.3, 0.4) is 0 Å². The summed E-state index contributed by atoms with van der Waals surface area (Å²) < 4.78 is 31.6. The van der Waals surface area contributed by atoms with Crippen molar-refractivity contribution in [2.24, 2.45) is 0 Å². The largest absolute Gasteiger partial charge is 0.394 e. The van der Waals surface area contributed by atoms with E-state index in [9.17, 15) is 8.42 Å². The predicted octanol–water partition coefficient (Wildman–Crippen LogP) is 0.427. The Labute approximate surface area is 125 Å². The Morgan fingerprint density at radius 1 is 1.29 bits per heavy atom. The Morgan fingerprint density at radius 3 is 2.57 bits per heavy atom. The number of aryl methyl sites for hydroxylation is 1. The van der Waals surface area contributed by atoms with Crippen molar-refractivity contribution in [1.29, 1.82) is 0 Å². The van der Waals surface area contributed by atoms with Gasteiger partial charge in [-0.05, 0) is 37.0 Å². The van der Waals surface area contributed by atoms with Gasteiger partial charge in [0.1, 0.15) is 0 Å². The topological polar surface area (TPSA) is 79.7 Å². The first-order chi connectivity index (χ1) is 10.1. The van der Waals surface area contributed by atoms with Crippen molar-refractivity contribution in [2.45, 2.75) is 25.4 Å². The van der Waals surface area contributed by atoms with Crippen molar-refractivity contribution in [3.8, 4) is 0 Å². The molecule has 1 aliphatic heterocycles. The number of ether oxygens (including phenoxy) is 1. The van der Waals surface area contributed by atoms with Crippen LogP contribution in [0.15, 0.2) is 24.5 Å². The third-order valence-corrected chi connectivity index (χ3v) is 5.51. The molecule has 0 aliphatic carbocycles. The van der Waals surface area contributed by atoms with Crippen LogP contribution in [0.5, 0.6) is 0 Å². The fraction of sp³-hybridized carbons (Fsp3) is 0.643. The van der Waals surface area contributed by atoms with Gasteiger partial charge >= 0.3 is 0 Å². The van der Waals surface area contributed by atoms with E-state index in [4.69, 9.17) is 9.84 Å². The Balaban J connectivity index is 1.81. The Morgan fingerprint density at radius 2 is 1.95 bits per heavy atom. The van der Waals surface area contributed by atoms with E-state index in [2.05, 4.69) is 4.98 Å². The summed E-state index contributed by atoms with van der Waals surface area (Å²) in [5.74, 6) is 0.124. The number of nitrogens with zero attached hydrogens (tertiary/aromatic N) is 2. The van der Waals surface area contributed by atoms with Crippen molar-refractivity contribution < 1.29 is 18.3 Å². The van der Waals surface area contributed by atoms with Gasteiger partial charge in [0, 0.05) is 25.5 Å². The summed E-state index contributed by atoms with van der Waals surface area (Å²) in [5.41, 5.74) is 0.981. The van der Waals surface area contributed by atoms with Crippen molar-refractivity contribution in [2.75, 3.05) is 32.1 Å². The highest BCUT2D eigenvalue weighted by Crippen LogP contribution is 2.17. The molecule has 7 heteroatoms. The fourth-order valence-corrected chi connectivity index (χ4v) is 3.94. The number of hydrogen-bond donors (Lipinski definition) is 1. The molecule has 0 spiro atoms. The van der Waals surface area contributed by atoms with Gasteiger partial charge in [-0.1, -0.05) is 0 Å². The first-order valence-electron chi connectivity index (χ1n) is 7.21. The molecule has 0 radical (unpaired) electrons. The second kappa shape index (κ2) is 7.84. The second-order valence-electron chi connectivity index (χ2n) is 5.11. The molecule has 0 bridgehead atoms. The lowest BCUT2D eigenvalue weighted by molar-refractivity contribution is 0.00319. The molecule has 1 aromatic heterocycles. The minimum Gasteiger partial charge on any atom is -0.394 e. The SMILES string of the molecule is O=S(=O)(CCc1ccncc1)N1CCC(OCCO)CC1. The van der Waals surface area contributed by atoms with E-state index in [0.29, 0.717) is 39.0 Å². The van der Waals surface area contributed by atoms with E-state index >= 15 is 0 Å². The molecule has 1 aromatic rings. The lowest BCUT2D eigenvalue weighted by Crippen LogP contribution is -2.42. The standard InChI is InChI=1S/C14H22N2O4S/c17-10-11-20-14-3-8-16(9-4-14)21(18,19)12-5-13-1-6-15-7-2-13/h1-2,6-7,14,17H,3-5,8-12H2. The second-order valence-corrected chi connectivity index (χ2v) is 7.20. The first-order valence-corrected chi connectivity index (χ1v) is 8.82. The summed E-state index contributed by atoms with van der Waals surface area (Å²) in [6.45, 7) is 1.31. The fourth-order valence-electron chi connectivity index (χ4n) is 2.42. The molecule has 0 atom stereocenters. The average molecular weight is 314 g/mol. The van der Waals surface area contributed by atoms with E-state index in [1.807, 2.05) is 12.1 Å². The van der Waals surface area contributed by atoms with Crippen LogP contribution in [-0.4, -0.2) is 61.0 Å². The van der Waals surface area contributed by atoms with Gasteiger partial charge in [-0.15, -0.1) is 0 Å². The van der Waals surface area contributed by atoms with Gasteiger partial charge < -0.3 is 9.84 Å². The molecular formula is C14H22N2O4S. The number of sulfonamides is 1. The van der Waals surface area contributed by atoms with Gasteiger partial charge in [0.05, 0.1) is 25.1 Å². The number of aliphatic hydroxyl groups excluding tert-OH is 1. The first kappa shape index (κ1) is 16.4. The summed E-state index contributed by atoms with van der Waals surface area (Å²) in [6, 6.07) is 3.68. The maximum atomic E-state index is 12.3. The maximum Gasteiger partial charge on any atom is 0.214 e. The highest BCUT2D eigenvalue weighted by atomic mass is 32.2. The predicted molar refractivity (Wildman–Crippen MR) is 79.4 cm³/mol. The highest BCUT2D eigenvalue weighted by Gasteiger charge is 2.27. The Kier molecular flexibility index (Phi) is 6.10. The smallest absolute Gasteiger partial charge is 0.214 e. The van der Waals surface area contributed by atoms with Gasteiger partial charge in [0.25, 0.3) is 0 Å². The lowest BCUT2D eigenvalue weighted by Gasteiger charge is -2.31. The summed E-state index contributed by atoms with van der Waals surface area (Å²) in [6.07, 6.45) is 5.29. The summed E-state index contributed by atoms with van der Waals surface area (Å²) >= 11 is 0. The summed E-state index contributed by atoms with van der Waals surface area (Å²) in [4.78, 5) is 3.92. The van der Waals surface area contributed by atoms with Crippen LogP contribution in [0.1, 0.15) is 18.4 Å². The van der Waals surface area contributed by atoms with Crippen LogP contribution in [0.25, 0.3) is 0 Å². The van der Waals surface area contributed by atoms with Gasteiger partial charge in [0.2, 0.25) is 10.0 Å². The number of piperidine rings is 1. The van der Waals surface area contributed by atoms with Crippen molar-refractivity contribution >= 4 is 10.0 Å². The van der Waals surface area contributed by atoms with Gasteiger partial charge in [-0.2, -0.15) is 0 Å². The van der Waals surface area contributed by atoms with Crippen LogP contribution in [0, 0.1) is 0 Å². The van der Waals surface area contributed by atoms with E-state index in [1.54, 1.807) is 16.7 Å². The van der Waals surface area contributed by atoms with E-state index < -0.39 is 10.0 Å². The van der Waals surface area contributed by atoms with Crippen LogP contribution in [0.2, 0.25) is 0 Å². The number of hydrogen-bond acceptors (Lipinski definition) is 5. The van der Waals surface area contributed by atoms with E-state index in [0.717, 1.165) is 5.56 Å². The highest BCUT2D eigenvalue weighted by molar-refractivity contribution is 7.89. The lowest BCUT2D eigenvalue weighted by atomic mass is 10.1. The van der Waals surface area contributed by atoms with Gasteiger partial charge in [-0.25, -0.2) is 12.7 Å². The minimum atomic E-state index is -3.22. The van der Waals surface area contributed by atoms with Crippen molar-refractivity contribution in [3.05, 3.63) is 30.1 Å². The normalized spacial score (nSPS) is 18.0. The van der Waals surface area contributed by atoms with E-state index in [-0.39, 0.29) is 18.5 Å². The van der Waals surface area contributed by atoms with Crippen molar-refractivity contribution in [1.82, 2.24) is 9.29 Å². The quantitative estimate of drug-likeness (QED) is 0.789. The Hall–Kier alpha value is -1.02. The van der Waals surface area contributed by atoms with Gasteiger partial charge in [0.15, 0.2) is 0 Å². The zero-order chi connectivity index (χ0) is 15.1. The zero-order valence-electron chi connectivity index (χ0n) is 12.0. The molecule has 2 heterocycles. The average Bonchev–Trinajstić information content (AvgIpc) is 2.52. The van der Waals surface area contributed by atoms with Gasteiger partial charge in [-0.3, -0.25) is 4.98 Å². The third-order valence-electron chi connectivity index (χ3n) is 3.64. The molecule has 21 heavy (non-hydrogen) atoms. The molecule has 0 amide bonds. The van der Waals surface area contributed by atoms with E-state index in [1.165, 1.54) is 0 Å². The van der Waals surface area contributed by atoms with Crippen LogP contribution < -0.4 is 0 Å². The molecule has 0 saturated carbocycles. The number of aliphatic hydroxyl groups is 1. The molecule has 1 saturated heterocycles.